The van der Waals surface area contributed by atoms with Crippen LogP contribution in [0.15, 0.2) is 24.3 Å². The molecule has 0 radical (unpaired) electrons. The van der Waals surface area contributed by atoms with Crippen LogP contribution < -0.4 is 10.1 Å². The van der Waals surface area contributed by atoms with E-state index in [0.717, 1.165) is 56.6 Å². The van der Waals surface area contributed by atoms with Crippen molar-refractivity contribution in [2.75, 3.05) is 25.0 Å². The highest BCUT2D eigenvalue weighted by Crippen LogP contribution is 2.28. The molecule has 1 aliphatic carbocycles. The molecule has 3 rings (SSSR count). The van der Waals surface area contributed by atoms with E-state index in [1.165, 1.54) is 25.7 Å². The van der Waals surface area contributed by atoms with Crippen LogP contribution in [0.25, 0.3) is 0 Å². The summed E-state index contributed by atoms with van der Waals surface area (Å²) in [4.78, 5) is 15.0. The number of benzene rings is 1. The Morgan fingerprint density at radius 3 is 2.78 bits per heavy atom. The first kappa shape index (κ1) is 20.0. The van der Waals surface area contributed by atoms with Gasteiger partial charge in [0.15, 0.2) is 0 Å². The minimum atomic E-state index is -0.352. The van der Waals surface area contributed by atoms with Crippen molar-refractivity contribution in [3.63, 3.8) is 0 Å². The third-order valence-corrected chi connectivity index (χ3v) is 5.63. The van der Waals surface area contributed by atoms with Gasteiger partial charge in [-0.25, -0.2) is 4.79 Å². The number of hydrogen-bond donors (Lipinski definition) is 1. The lowest BCUT2D eigenvalue weighted by Crippen LogP contribution is -2.49. The lowest BCUT2D eigenvalue weighted by atomic mass is 9.90. The van der Waals surface area contributed by atoms with Gasteiger partial charge in [0.1, 0.15) is 11.9 Å². The molecule has 5 nitrogen and oxygen atoms in total. The lowest BCUT2D eigenvalue weighted by molar-refractivity contribution is 0.00174. The number of anilines is 1. The molecule has 1 saturated carbocycles. The summed E-state index contributed by atoms with van der Waals surface area (Å²) >= 11 is 0. The molecule has 1 heterocycles. The molecule has 1 N–H and O–H groups in total. The number of amides is 1. The molecular weight excluding hydrogens is 340 g/mol. The van der Waals surface area contributed by atoms with Crippen LogP contribution in [0.2, 0.25) is 0 Å². The fourth-order valence-corrected chi connectivity index (χ4v) is 4.17. The van der Waals surface area contributed by atoms with Crippen LogP contribution in [0.3, 0.4) is 0 Å². The second-order valence-corrected chi connectivity index (χ2v) is 7.75. The van der Waals surface area contributed by atoms with Crippen molar-refractivity contribution in [3.05, 3.63) is 24.3 Å². The number of hydrogen-bond acceptors (Lipinski definition) is 4. The molecule has 27 heavy (non-hydrogen) atoms. The Balaban J connectivity index is 1.53. The summed E-state index contributed by atoms with van der Waals surface area (Å²) in [5.74, 6) is 0.783. The van der Waals surface area contributed by atoms with Gasteiger partial charge in [-0.3, -0.25) is 10.2 Å². The number of likely N-dealkylation sites (tertiary alicyclic amines) is 1. The van der Waals surface area contributed by atoms with E-state index in [4.69, 9.17) is 9.47 Å². The number of nitrogens with one attached hydrogen (secondary N) is 1. The molecule has 1 aliphatic heterocycles. The van der Waals surface area contributed by atoms with Crippen LogP contribution in [0.5, 0.6) is 5.75 Å². The fourth-order valence-electron chi connectivity index (χ4n) is 4.17. The first-order chi connectivity index (χ1) is 13.3. The smallest absolute Gasteiger partial charge is 0.411 e. The first-order valence-electron chi connectivity index (χ1n) is 10.7. The van der Waals surface area contributed by atoms with E-state index in [1.54, 1.807) is 0 Å². The van der Waals surface area contributed by atoms with E-state index in [1.807, 2.05) is 24.3 Å². The van der Waals surface area contributed by atoms with E-state index in [0.29, 0.717) is 12.6 Å². The van der Waals surface area contributed by atoms with Crippen molar-refractivity contribution in [1.82, 2.24) is 4.90 Å². The van der Waals surface area contributed by atoms with Crippen molar-refractivity contribution in [2.45, 2.75) is 76.9 Å². The molecule has 0 aromatic heterocycles. The SMILES string of the molecule is CCCCOc1cccc(NC(=O)OC2CCCCC2N2CCCCC2)c1. The van der Waals surface area contributed by atoms with Crippen LogP contribution in [0.1, 0.15) is 64.7 Å². The number of piperidine rings is 1. The van der Waals surface area contributed by atoms with Crippen molar-refractivity contribution in [2.24, 2.45) is 0 Å². The highest BCUT2D eigenvalue weighted by molar-refractivity contribution is 5.85. The molecular formula is C22H34N2O3. The van der Waals surface area contributed by atoms with Gasteiger partial charge in [-0.1, -0.05) is 32.3 Å². The molecule has 1 aromatic rings. The number of ether oxygens (including phenoxy) is 2. The zero-order chi connectivity index (χ0) is 18.9. The lowest BCUT2D eigenvalue weighted by Gasteiger charge is -2.41. The van der Waals surface area contributed by atoms with Gasteiger partial charge in [0.25, 0.3) is 0 Å². The highest BCUT2D eigenvalue weighted by atomic mass is 16.6. The molecule has 2 fully saturated rings. The summed E-state index contributed by atoms with van der Waals surface area (Å²) in [5, 5.41) is 2.88. The number of nitrogens with zero attached hydrogens (tertiary/aromatic N) is 1. The summed E-state index contributed by atoms with van der Waals surface area (Å²) in [6.45, 7) is 5.12. The zero-order valence-electron chi connectivity index (χ0n) is 16.6. The van der Waals surface area contributed by atoms with Crippen LogP contribution in [0, 0.1) is 0 Å². The quantitative estimate of drug-likeness (QED) is 0.666. The normalized spacial score (nSPS) is 23.6. The summed E-state index contributed by atoms with van der Waals surface area (Å²) in [5.41, 5.74) is 0.722. The predicted octanol–water partition coefficient (Wildman–Crippen LogP) is 5.21. The van der Waals surface area contributed by atoms with Crippen molar-refractivity contribution in [3.8, 4) is 5.75 Å². The van der Waals surface area contributed by atoms with Crippen LogP contribution in [0.4, 0.5) is 10.5 Å². The Morgan fingerprint density at radius 1 is 1.15 bits per heavy atom. The van der Waals surface area contributed by atoms with Gasteiger partial charge in [-0.05, 0) is 63.7 Å². The third-order valence-electron chi connectivity index (χ3n) is 5.63. The second-order valence-electron chi connectivity index (χ2n) is 7.75. The Bertz CT molecular complexity index is 587. The summed E-state index contributed by atoms with van der Waals surface area (Å²) in [6.07, 6.45) is 10.1. The molecule has 1 aromatic carbocycles. The molecule has 0 spiro atoms. The largest absolute Gasteiger partial charge is 0.494 e. The zero-order valence-corrected chi connectivity index (χ0v) is 16.6. The fraction of sp³-hybridized carbons (Fsp3) is 0.682. The van der Waals surface area contributed by atoms with Gasteiger partial charge in [0.2, 0.25) is 0 Å². The van der Waals surface area contributed by atoms with Crippen molar-refractivity contribution in [1.29, 1.82) is 0 Å². The van der Waals surface area contributed by atoms with Gasteiger partial charge in [-0.2, -0.15) is 0 Å². The van der Waals surface area contributed by atoms with Gasteiger partial charge >= 0.3 is 6.09 Å². The molecule has 1 amide bonds. The van der Waals surface area contributed by atoms with Gasteiger partial charge in [0, 0.05) is 17.8 Å². The van der Waals surface area contributed by atoms with E-state index >= 15 is 0 Å². The van der Waals surface area contributed by atoms with Crippen LogP contribution in [-0.2, 0) is 4.74 Å². The molecule has 2 unspecified atom stereocenters. The van der Waals surface area contributed by atoms with E-state index in [2.05, 4.69) is 17.1 Å². The van der Waals surface area contributed by atoms with E-state index in [9.17, 15) is 4.79 Å². The number of rotatable bonds is 7. The molecule has 5 heteroatoms. The predicted molar refractivity (Wildman–Crippen MR) is 108 cm³/mol. The minimum absolute atomic E-state index is 0.000775. The molecule has 150 valence electrons. The molecule has 0 bridgehead atoms. The average molecular weight is 375 g/mol. The second kappa shape index (κ2) is 10.5. The molecule has 2 atom stereocenters. The first-order valence-corrected chi connectivity index (χ1v) is 10.7. The van der Waals surface area contributed by atoms with Gasteiger partial charge in [-0.15, -0.1) is 0 Å². The minimum Gasteiger partial charge on any atom is -0.494 e. The Kier molecular flexibility index (Phi) is 7.81. The maximum Gasteiger partial charge on any atom is 0.411 e. The van der Waals surface area contributed by atoms with E-state index in [-0.39, 0.29) is 12.2 Å². The maximum absolute atomic E-state index is 12.5. The number of carbonyl (C=O) groups is 1. The van der Waals surface area contributed by atoms with Crippen molar-refractivity contribution >= 4 is 11.8 Å². The Labute approximate surface area is 163 Å². The number of carbonyl (C=O) groups excluding carboxylic acids is 1. The van der Waals surface area contributed by atoms with Crippen LogP contribution >= 0.6 is 0 Å². The summed E-state index contributed by atoms with van der Waals surface area (Å²) in [7, 11) is 0. The van der Waals surface area contributed by atoms with Crippen molar-refractivity contribution < 1.29 is 14.3 Å². The maximum atomic E-state index is 12.5. The van der Waals surface area contributed by atoms with Gasteiger partial charge < -0.3 is 9.47 Å². The van der Waals surface area contributed by atoms with Gasteiger partial charge in [0.05, 0.1) is 6.61 Å². The van der Waals surface area contributed by atoms with E-state index < -0.39 is 0 Å². The summed E-state index contributed by atoms with van der Waals surface area (Å²) < 4.78 is 11.6. The topological polar surface area (TPSA) is 50.8 Å². The standard InChI is InChI=1S/C22H34N2O3/c1-2-3-16-26-19-11-9-10-18(17-19)23-22(25)27-21-13-6-5-12-20(21)24-14-7-4-8-15-24/h9-11,17,20-21H,2-8,12-16H2,1H3,(H,23,25). The Morgan fingerprint density at radius 2 is 1.96 bits per heavy atom. The van der Waals surface area contributed by atoms with Crippen LogP contribution in [-0.4, -0.2) is 42.8 Å². The highest BCUT2D eigenvalue weighted by Gasteiger charge is 2.33. The number of unbranched alkanes of at least 4 members (excludes halogenated alkanes) is 1. The summed E-state index contributed by atoms with van der Waals surface area (Å²) in [6, 6.07) is 7.93. The molecule has 2 aliphatic rings. The third kappa shape index (κ3) is 6.13. The Hall–Kier alpha value is -1.75. The average Bonchev–Trinajstić information content (AvgIpc) is 2.69. The molecule has 1 saturated heterocycles. The monoisotopic (exact) mass is 374 g/mol.